The van der Waals surface area contributed by atoms with Crippen molar-refractivity contribution in [3.63, 3.8) is 0 Å². The van der Waals surface area contributed by atoms with Crippen molar-refractivity contribution in [2.75, 3.05) is 13.2 Å². The van der Waals surface area contributed by atoms with Crippen molar-refractivity contribution in [3.8, 4) is 0 Å². The largest absolute Gasteiger partial charge is 0.469 e. The molecule has 4 aliphatic heterocycles. The van der Waals surface area contributed by atoms with E-state index >= 15 is 0 Å². The van der Waals surface area contributed by atoms with Gasteiger partial charge in [-0.15, -0.1) is 0 Å². The van der Waals surface area contributed by atoms with Crippen LogP contribution in [0, 0.1) is 0 Å². The second-order valence-electron chi connectivity index (χ2n) is 8.78. The van der Waals surface area contributed by atoms with Gasteiger partial charge < -0.3 is 35.4 Å². The summed E-state index contributed by atoms with van der Waals surface area (Å²) in [6, 6.07) is 0. The summed E-state index contributed by atoms with van der Waals surface area (Å²) >= 11 is 0. The van der Waals surface area contributed by atoms with E-state index in [0.29, 0.717) is 25.2 Å². The SMILES string of the molecule is NC1=NC2(CCCCCCCCC3OC(CCOP(=O)(O)O)C(O)C3O)CN(C=C1)C2=O. The van der Waals surface area contributed by atoms with E-state index in [1.807, 2.05) is 0 Å². The molecule has 0 aromatic rings. The molecule has 6 N–H and O–H groups in total. The van der Waals surface area contributed by atoms with Crippen molar-refractivity contribution < 1.29 is 38.6 Å². The van der Waals surface area contributed by atoms with E-state index in [2.05, 4.69) is 9.52 Å². The number of fused-ring (bicyclic) bond motifs is 1. The highest BCUT2D eigenvalue weighted by molar-refractivity contribution is 7.46. The van der Waals surface area contributed by atoms with Crippen LogP contribution in [0.3, 0.4) is 0 Å². The standard InChI is InChI=1S/C20H34N3O8P/c21-16-8-11-23-13-20(22-16,19(23)26)10-6-4-2-1-3-5-7-14-17(24)18(25)15(31-14)9-12-30-32(27,28)29/h8,11,14-15,17-18,24-25H,1-7,9-10,12-13H2,(H2,21,22)(H2,27,28,29). The molecular weight excluding hydrogens is 441 g/mol. The number of aliphatic hydroxyl groups excluding tert-OH is 2. The van der Waals surface area contributed by atoms with Crippen LogP contribution in [-0.2, 0) is 18.6 Å². The molecule has 5 atom stereocenters. The maximum absolute atomic E-state index is 12.3. The average molecular weight is 475 g/mol. The molecule has 1 amide bonds. The first-order valence-corrected chi connectivity index (χ1v) is 12.7. The molecule has 5 unspecified atom stereocenters. The summed E-state index contributed by atoms with van der Waals surface area (Å²) in [5.74, 6) is 0.425. The number of carbonyl (C=O) groups is 1. The number of nitrogens with zero attached hydrogens (tertiary/aromatic N) is 2. The van der Waals surface area contributed by atoms with Crippen LogP contribution in [0.5, 0.6) is 0 Å². The van der Waals surface area contributed by atoms with Crippen molar-refractivity contribution >= 4 is 19.6 Å². The molecular formula is C20H34N3O8P. The van der Waals surface area contributed by atoms with E-state index in [0.717, 1.165) is 38.5 Å². The van der Waals surface area contributed by atoms with Gasteiger partial charge in [-0.1, -0.05) is 38.5 Å². The molecule has 0 aliphatic carbocycles. The number of phosphoric ester groups is 1. The van der Waals surface area contributed by atoms with E-state index in [4.69, 9.17) is 20.3 Å². The van der Waals surface area contributed by atoms with Crippen LogP contribution in [-0.4, -0.2) is 79.7 Å². The number of hydrogen-bond acceptors (Lipinski definition) is 8. The molecule has 0 saturated carbocycles. The van der Waals surface area contributed by atoms with Gasteiger partial charge in [-0.25, -0.2) is 4.57 Å². The second-order valence-corrected chi connectivity index (χ2v) is 10.0. The summed E-state index contributed by atoms with van der Waals surface area (Å²) in [7, 11) is -4.56. The van der Waals surface area contributed by atoms with Gasteiger partial charge in [0.15, 0.2) is 5.54 Å². The second kappa shape index (κ2) is 10.7. The van der Waals surface area contributed by atoms with Crippen molar-refractivity contribution in [2.24, 2.45) is 10.7 Å². The van der Waals surface area contributed by atoms with E-state index in [-0.39, 0.29) is 18.9 Å². The van der Waals surface area contributed by atoms with E-state index in [1.54, 1.807) is 17.2 Å². The van der Waals surface area contributed by atoms with Crippen molar-refractivity contribution in [2.45, 2.75) is 87.7 Å². The van der Waals surface area contributed by atoms with Crippen LogP contribution in [0.25, 0.3) is 0 Å². The minimum absolute atomic E-state index is 0.0260. The Morgan fingerprint density at radius 2 is 1.75 bits per heavy atom. The van der Waals surface area contributed by atoms with Gasteiger partial charge in [-0.05, 0) is 18.9 Å². The topological polar surface area (TPSA) is 175 Å². The van der Waals surface area contributed by atoms with Crippen LogP contribution in [0.1, 0.15) is 57.8 Å². The van der Waals surface area contributed by atoms with Gasteiger partial charge in [0.25, 0.3) is 5.91 Å². The molecule has 4 rings (SSSR count). The number of ether oxygens (including phenoxy) is 1. The van der Waals surface area contributed by atoms with Crippen LogP contribution in [0.15, 0.2) is 17.3 Å². The van der Waals surface area contributed by atoms with Crippen molar-refractivity contribution in [3.05, 3.63) is 12.3 Å². The van der Waals surface area contributed by atoms with E-state index in [9.17, 15) is 19.6 Å². The number of amidine groups is 1. The molecule has 0 radical (unpaired) electrons. The maximum Gasteiger partial charge on any atom is 0.469 e. The Morgan fingerprint density at radius 1 is 1.12 bits per heavy atom. The van der Waals surface area contributed by atoms with Crippen molar-refractivity contribution in [1.29, 1.82) is 0 Å². The Labute approximate surface area is 187 Å². The van der Waals surface area contributed by atoms with Gasteiger partial charge in [0, 0.05) is 12.6 Å². The number of phosphoric acid groups is 1. The lowest BCUT2D eigenvalue weighted by Crippen LogP contribution is -2.63. The molecule has 0 aromatic heterocycles. The van der Waals surface area contributed by atoms with Crippen LogP contribution in [0.2, 0.25) is 0 Å². The third kappa shape index (κ3) is 6.38. The number of aliphatic hydroxyl groups is 2. The minimum atomic E-state index is -4.56. The highest BCUT2D eigenvalue weighted by Gasteiger charge is 2.52. The van der Waals surface area contributed by atoms with Gasteiger partial charge in [0.1, 0.15) is 18.0 Å². The summed E-state index contributed by atoms with van der Waals surface area (Å²) in [4.78, 5) is 35.7. The van der Waals surface area contributed by atoms with E-state index < -0.39 is 37.8 Å². The molecule has 0 aromatic carbocycles. The quantitative estimate of drug-likeness (QED) is 0.145. The molecule has 12 heteroatoms. The molecule has 32 heavy (non-hydrogen) atoms. The summed E-state index contributed by atoms with van der Waals surface area (Å²) < 4.78 is 20.8. The first-order chi connectivity index (χ1) is 15.1. The van der Waals surface area contributed by atoms with Crippen LogP contribution < -0.4 is 5.73 Å². The first-order valence-electron chi connectivity index (χ1n) is 11.2. The highest BCUT2D eigenvalue weighted by atomic mass is 31.2. The number of rotatable bonds is 13. The monoisotopic (exact) mass is 475 g/mol. The molecule has 4 aliphatic rings. The number of amides is 1. The number of carbonyl (C=O) groups excluding carboxylic acids is 1. The van der Waals surface area contributed by atoms with Gasteiger partial charge >= 0.3 is 7.82 Å². The fourth-order valence-electron chi connectivity index (χ4n) is 4.55. The molecule has 0 spiro atoms. The Bertz CT molecular complexity index is 772. The molecule has 2 bridgehead atoms. The Morgan fingerprint density at radius 3 is 2.41 bits per heavy atom. The smallest absolute Gasteiger partial charge is 0.388 e. The fourth-order valence-corrected chi connectivity index (χ4v) is 4.90. The summed E-state index contributed by atoms with van der Waals surface area (Å²) in [5, 5.41) is 20.2. The van der Waals surface area contributed by atoms with Gasteiger partial charge in [-0.3, -0.25) is 14.3 Å². The summed E-state index contributed by atoms with van der Waals surface area (Å²) in [6.07, 6.45) is 7.19. The predicted molar refractivity (Wildman–Crippen MR) is 115 cm³/mol. The third-order valence-corrected chi connectivity index (χ3v) is 6.83. The maximum atomic E-state index is 12.3. The normalized spacial score (nSPS) is 32.1. The fraction of sp³-hybridized carbons (Fsp3) is 0.800. The van der Waals surface area contributed by atoms with Gasteiger partial charge in [0.05, 0.1) is 25.4 Å². The number of β-lactam (4-membered cyclic amide) rings is 1. The molecule has 2 saturated heterocycles. The lowest BCUT2D eigenvalue weighted by atomic mass is 9.84. The molecule has 2 fully saturated rings. The predicted octanol–water partition coefficient (Wildman–Crippen LogP) is 0.561. The minimum Gasteiger partial charge on any atom is -0.388 e. The third-order valence-electron chi connectivity index (χ3n) is 6.31. The number of nitrogens with two attached hydrogens (primary N) is 1. The lowest BCUT2D eigenvalue weighted by molar-refractivity contribution is -0.146. The molecule has 182 valence electrons. The summed E-state index contributed by atoms with van der Waals surface area (Å²) in [6.45, 7) is 0.343. The number of hydrogen-bond donors (Lipinski definition) is 5. The zero-order valence-corrected chi connectivity index (χ0v) is 19.0. The zero-order valence-electron chi connectivity index (χ0n) is 18.1. The average Bonchev–Trinajstić information content (AvgIpc) is 2.85. The molecule has 4 heterocycles. The Balaban J connectivity index is 1.25. The lowest BCUT2D eigenvalue weighted by Gasteiger charge is -2.43. The first kappa shape index (κ1) is 25.3. The molecule has 11 nitrogen and oxygen atoms in total. The highest BCUT2D eigenvalue weighted by Crippen LogP contribution is 2.37. The van der Waals surface area contributed by atoms with Gasteiger partial charge in [-0.2, -0.15) is 0 Å². The summed E-state index contributed by atoms with van der Waals surface area (Å²) in [5.41, 5.74) is 5.14. The van der Waals surface area contributed by atoms with Crippen LogP contribution >= 0.6 is 7.82 Å². The zero-order chi connectivity index (χ0) is 23.4. The number of aliphatic imine (C=N–C) groups is 1. The van der Waals surface area contributed by atoms with Crippen molar-refractivity contribution in [1.82, 2.24) is 4.90 Å². The Kier molecular flexibility index (Phi) is 8.48. The number of unbranched alkanes of at least 4 members (excludes halogenated alkanes) is 5. The Hall–Kier alpha value is -1.33. The van der Waals surface area contributed by atoms with Crippen LogP contribution in [0.4, 0.5) is 0 Å². The van der Waals surface area contributed by atoms with E-state index in [1.165, 1.54) is 0 Å². The van der Waals surface area contributed by atoms with Gasteiger partial charge in [0.2, 0.25) is 0 Å².